The molecule has 1 aliphatic heterocycles. The van der Waals surface area contributed by atoms with E-state index in [1.54, 1.807) is 25.4 Å². The number of hydrogen-bond donors (Lipinski definition) is 0. The summed E-state index contributed by atoms with van der Waals surface area (Å²) in [5, 5.41) is 0.462. The summed E-state index contributed by atoms with van der Waals surface area (Å²) in [5.41, 5.74) is 3.20. The lowest BCUT2D eigenvalue weighted by Gasteiger charge is -2.24. The van der Waals surface area contributed by atoms with Crippen LogP contribution in [-0.2, 0) is 0 Å². The maximum atomic E-state index is 13.6. The lowest BCUT2D eigenvalue weighted by molar-refractivity contribution is 0.0970. The van der Waals surface area contributed by atoms with Crippen LogP contribution in [0, 0.1) is 13.8 Å². The van der Waals surface area contributed by atoms with E-state index >= 15 is 0 Å². The van der Waals surface area contributed by atoms with E-state index in [2.05, 4.69) is 4.98 Å². The number of amides is 1. The van der Waals surface area contributed by atoms with Crippen molar-refractivity contribution in [3.05, 3.63) is 99.0 Å². The molecule has 31 heavy (non-hydrogen) atoms. The number of anilines is 1. The monoisotopic (exact) mass is 412 g/mol. The second-order valence-electron chi connectivity index (χ2n) is 7.72. The summed E-state index contributed by atoms with van der Waals surface area (Å²) >= 11 is 0. The molecule has 0 saturated carbocycles. The molecule has 0 saturated heterocycles. The lowest BCUT2D eigenvalue weighted by Crippen LogP contribution is -2.30. The van der Waals surface area contributed by atoms with Gasteiger partial charge in [-0.3, -0.25) is 14.5 Å². The van der Waals surface area contributed by atoms with Gasteiger partial charge in [0.15, 0.2) is 5.43 Å². The van der Waals surface area contributed by atoms with Gasteiger partial charge in [-0.05, 0) is 61.4 Å². The first kappa shape index (κ1) is 19.1. The second kappa shape index (κ2) is 7.09. The highest BCUT2D eigenvalue weighted by Crippen LogP contribution is 2.41. The minimum atomic E-state index is -0.649. The van der Waals surface area contributed by atoms with Crippen molar-refractivity contribution in [1.29, 1.82) is 0 Å². The van der Waals surface area contributed by atoms with Gasteiger partial charge in [0.25, 0.3) is 5.91 Å². The molecule has 2 aromatic heterocycles. The van der Waals surface area contributed by atoms with Crippen LogP contribution in [0.5, 0.6) is 5.75 Å². The number of aromatic nitrogens is 1. The molecule has 2 aromatic carbocycles. The van der Waals surface area contributed by atoms with E-state index in [0.717, 1.165) is 16.7 Å². The number of aryl methyl sites for hydroxylation is 2. The van der Waals surface area contributed by atoms with E-state index in [1.807, 2.05) is 56.3 Å². The van der Waals surface area contributed by atoms with Crippen LogP contribution in [0.1, 0.15) is 38.9 Å². The number of pyridine rings is 1. The summed E-state index contributed by atoms with van der Waals surface area (Å²) in [7, 11) is 1.59. The summed E-state index contributed by atoms with van der Waals surface area (Å²) in [6.45, 7) is 3.85. The average Bonchev–Trinajstić information content (AvgIpc) is 3.07. The molecule has 4 aromatic rings. The van der Waals surface area contributed by atoms with Crippen molar-refractivity contribution in [2.24, 2.45) is 0 Å². The number of ether oxygens (including phenoxy) is 1. The van der Waals surface area contributed by atoms with Crippen LogP contribution in [0.3, 0.4) is 0 Å². The van der Waals surface area contributed by atoms with Crippen molar-refractivity contribution in [2.45, 2.75) is 19.9 Å². The fraction of sp³-hybridized carbons (Fsp3) is 0.160. The molecule has 0 spiro atoms. The number of rotatable bonds is 3. The minimum Gasteiger partial charge on any atom is -0.497 e. The van der Waals surface area contributed by atoms with E-state index in [4.69, 9.17) is 9.15 Å². The molecule has 6 nitrogen and oxygen atoms in total. The number of fused-ring (bicyclic) bond motifs is 2. The maximum Gasteiger partial charge on any atom is 0.296 e. The average molecular weight is 412 g/mol. The van der Waals surface area contributed by atoms with E-state index < -0.39 is 6.04 Å². The summed E-state index contributed by atoms with van der Waals surface area (Å²) in [4.78, 5) is 33.0. The van der Waals surface area contributed by atoms with Gasteiger partial charge in [0.1, 0.15) is 17.2 Å². The number of hydrogen-bond acceptors (Lipinski definition) is 5. The third-order valence-corrected chi connectivity index (χ3v) is 5.61. The lowest BCUT2D eigenvalue weighted by atomic mass is 9.98. The number of carbonyl (C=O) groups is 1. The minimum absolute atomic E-state index is 0.0606. The Morgan fingerprint density at radius 2 is 1.71 bits per heavy atom. The predicted molar refractivity (Wildman–Crippen MR) is 118 cm³/mol. The van der Waals surface area contributed by atoms with Crippen LogP contribution >= 0.6 is 0 Å². The zero-order valence-corrected chi connectivity index (χ0v) is 17.4. The molecule has 154 valence electrons. The number of carbonyl (C=O) groups excluding carboxylic acids is 1. The molecule has 1 atom stereocenters. The van der Waals surface area contributed by atoms with Crippen LogP contribution in [-0.4, -0.2) is 18.0 Å². The topological polar surface area (TPSA) is 72.6 Å². The Bertz CT molecular complexity index is 1390. The highest BCUT2D eigenvalue weighted by atomic mass is 16.5. The molecule has 1 amide bonds. The molecule has 0 aliphatic carbocycles. The van der Waals surface area contributed by atoms with Crippen LogP contribution in [0.25, 0.3) is 11.0 Å². The third-order valence-electron chi connectivity index (χ3n) is 5.61. The first-order valence-corrected chi connectivity index (χ1v) is 9.95. The van der Waals surface area contributed by atoms with Gasteiger partial charge in [0.2, 0.25) is 5.76 Å². The first-order chi connectivity index (χ1) is 15.0. The third kappa shape index (κ3) is 2.99. The Labute approximate surface area is 178 Å². The molecule has 0 radical (unpaired) electrons. The standard InChI is InChI=1S/C25H20N2O4/c1-14-4-9-19-18(12-14)23(28)21-22(16-5-7-17(30-3)8-6-16)27(25(29)24(21)31-19)20-13-15(2)10-11-26-20/h4-13,22H,1-3H3. The molecule has 0 fully saturated rings. The van der Waals surface area contributed by atoms with Crippen molar-refractivity contribution in [1.82, 2.24) is 4.98 Å². The largest absolute Gasteiger partial charge is 0.497 e. The fourth-order valence-electron chi connectivity index (χ4n) is 4.08. The number of benzene rings is 2. The van der Waals surface area contributed by atoms with Crippen molar-refractivity contribution in [3.63, 3.8) is 0 Å². The quantitative estimate of drug-likeness (QED) is 0.493. The highest BCUT2D eigenvalue weighted by Gasteiger charge is 2.44. The van der Waals surface area contributed by atoms with Crippen molar-refractivity contribution >= 4 is 22.7 Å². The number of nitrogens with zero attached hydrogens (tertiary/aromatic N) is 2. The second-order valence-corrected chi connectivity index (χ2v) is 7.72. The zero-order valence-electron chi connectivity index (χ0n) is 17.4. The van der Waals surface area contributed by atoms with E-state index in [9.17, 15) is 9.59 Å². The summed E-state index contributed by atoms with van der Waals surface area (Å²) in [6.07, 6.45) is 1.65. The molecule has 1 aliphatic rings. The normalized spacial score (nSPS) is 15.4. The van der Waals surface area contributed by atoms with Crippen LogP contribution in [0.15, 0.2) is 70.0 Å². The Balaban J connectivity index is 1.80. The predicted octanol–water partition coefficient (Wildman–Crippen LogP) is 4.56. The fourth-order valence-corrected chi connectivity index (χ4v) is 4.08. The molecule has 6 heteroatoms. The molecular weight excluding hydrogens is 392 g/mol. The zero-order chi connectivity index (χ0) is 21.7. The SMILES string of the molecule is COc1ccc(C2c3c(oc4ccc(C)cc4c3=O)C(=O)N2c2cc(C)ccn2)cc1. The molecule has 3 heterocycles. The smallest absolute Gasteiger partial charge is 0.296 e. The van der Waals surface area contributed by atoms with Crippen LogP contribution in [0.4, 0.5) is 5.82 Å². The van der Waals surface area contributed by atoms with Gasteiger partial charge in [-0.1, -0.05) is 23.8 Å². The van der Waals surface area contributed by atoms with Crippen LogP contribution < -0.4 is 15.1 Å². The Morgan fingerprint density at radius 1 is 0.968 bits per heavy atom. The number of methoxy groups -OCH3 is 1. The Kier molecular flexibility index (Phi) is 4.36. The van der Waals surface area contributed by atoms with E-state index in [0.29, 0.717) is 28.1 Å². The molecule has 0 bridgehead atoms. The molecular formula is C25H20N2O4. The van der Waals surface area contributed by atoms with Crippen LogP contribution in [0.2, 0.25) is 0 Å². The highest BCUT2D eigenvalue weighted by molar-refractivity contribution is 6.10. The van der Waals surface area contributed by atoms with Gasteiger partial charge < -0.3 is 9.15 Å². The van der Waals surface area contributed by atoms with Gasteiger partial charge in [0, 0.05) is 6.20 Å². The summed E-state index contributed by atoms with van der Waals surface area (Å²) in [6, 6.07) is 15.8. The Hall–Kier alpha value is -3.93. The van der Waals surface area contributed by atoms with Gasteiger partial charge in [-0.2, -0.15) is 0 Å². The van der Waals surface area contributed by atoms with Gasteiger partial charge in [-0.15, -0.1) is 0 Å². The maximum absolute atomic E-state index is 13.6. The van der Waals surface area contributed by atoms with Crippen molar-refractivity contribution in [2.75, 3.05) is 12.0 Å². The molecule has 1 unspecified atom stereocenters. The Morgan fingerprint density at radius 3 is 2.42 bits per heavy atom. The van der Waals surface area contributed by atoms with Crippen molar-refractivity contribution < 1.29 is 13.9 Å². The summed E-state index contributed by atoms with van der Waals surface area (Å²) in [5.74, 6) is 0.838. The van der Waals surface area contributed by atoms with Gasteiger partial charge >= 0.3 is 0 Å². The van der Waals surface area contributed by atoms with E-state index in [1.165, 1.54) is 4.90 Å². The van der Waals surface area contributed by atoms with Gasteiger partial charge in [0.05, 0.1) is 24.1 Å². The van der Waals surface area contributed by atoms with E-state index in [-0.39, 0.29) is 17.1 Å². The van der Waals surface area contributed by atoms with Crippen molar-refractivity contribution in [3.8, 4) is 5.75 Å². The summed E-state index contributed by atoms with van der Waals surface area (Å²) < 4.78 is 11.3. The van der Waals surface area contributed by atoms with Gasteiger partial charge in [-0.25, -0.2) is 4.98 Å². The molecule has 5 rings (SSSR count). The molecule has 0 N–H and O–H groups in total. The first-order valence-electron chi connectivity index (χ1n) is 9.95.